The Kier molecular flexibility index (Phi) is 7.18. The number of rotatable bonds is 7. The Labute approximate surface area is 105 Å². The Morgan fingerprint density at radius 2 is 2.24 bits per heavy atom. The zero-order valence-electron chi connectivity index (χ0n) is 11.1. The lowest BCUT2D eigenvalue weighted by molar-refractivity contribution is 0.0465. The van der Waals surface area contributed by atoms with Crippen molar-refractivity contribution in [3.05, 3.63) is 0 Å². The lowest BCUT2D eigenvalue weighted by Gasteiger charge is -2.27. The third kappa shape index (κ3) is 5.03. The second-order valence-corrected chi connectivity index (χ2v) is 4.57. The molecule has 1 saturated heterocycles. The SMILES string of the molecule is CCN(CC)CCNC(C#N)C1CCCOC1. The molecule has 1 aliphatic rings. The normalized spacial score (nSPS) is 22.4. The molecule has 0 aliphatic carbocycles. The fraction of sp³-hybridized carbons (Fsp3) is 0.923. The molecule has 0 spiro atoms. The summed E-state index contributed by atoms with van der Waals surface area (Å²) in [5.74, 6) is 0.366. The Hall–Kier alpha value is -0.630. The van der Waals surface area contributed by atoms with Crippen molar-refractivity contribution in [2.75, 3.05) is 39.4 Å². The fourth-order valence-electron chi connectivity index (χ4n) is 2.26. The molecule has 0 amide bonds. The van der Waals surface area contributed by atoms with Crippen LogP contribution in [-0.4, -0.2) is 50.3 Å². The topological polar surface area (TPSA) is 48.3 Å². The predicted molar refractivity (Wildman–Crippen MR) is 68.7 cm³/mol. The smallest absolute Gasteiger partial charge is 0.100 e. The first-order valence-electron chi connectivity index (χ1n) is 6.74. The Balaban J connectivity index is 2.24. The summed E-state index contributed by atoms with van der Waals surface area (Å²) in [4.78, 5) is 2.36. The standard InChI is InChI=1S/C13H25N3O/c1-3-16(4-2)8-7-15-13(10-14)12-6-5-9-17-11-12/h12-13,15H,3-9,11H2,1-2H3. The van der Waals surface area contributed by atoms with Crippen LogP contribution in [0.15, 0.2) is 0 Å². The highest BCUT2D eigenvalue weighted by Gasteiger charge is 2.23. The monoisotopic (exact) mass is 239 g/mol. The molecule has 4 heteroatoms. The summed E-state index contributed by atoms with van der Waals surface area (Å²) < 4.78 is 5.43. The van der Waals surface area contributed by atoms with Gasteiger partial charge >= 0.3 is 0 Å². The summed E-state index contributed by atoms with van der Waals surface area (Å²) in [6.45, 7) is 9.96. The zero-order valence-corrected chi connectivity index (χ0v) is 11.1. The molecule has 1 heterocycles. The molecule has 4 nitrogen and oxygen atoms in total. The number of ether oxygens (including phenoxy) is 1. The fourth-order valence-corrected chi connectivity index (χ4v) is 2.26. The van der Waals surface area contributed by atoms with Gasteiger partial charge in [0.05, 0.1) is 12.7 Å². The summed E-state index contributed by atoms with van der Waals surface area (Å²) in [6.07, 6.45) is 2.19. The maximum absolute atomic E-state index is 9.18. The van der Waals surface area contributed by atoms with Gasteiger partial charge < -0.3 is 15.0 Å². The van der Waals surface area contributed by atoms with Crippen LogP contribution in [-0.2, 0) is 4.74 Å². The highest BCUT2D eigenvalue weighted by Crippen LogP contribution is 2.16. The lowest BCUT2D eigenvalue weighted by Crippen LogP contribution is -2.42. The summed E-state index contributed by atoms with van der Waals surface area (Å²) >= 11 is 0. The average molecular weight is 239 g/mol. The van der Waals surface area contributed by atoms with Crippen molar-refractivity contribution in [3.63, 3.8) is 0 Å². The third-order valence-electron chi connectivity index (χ3n) is 3.49. The Bertz CT molecular complexity index is 229. The van der Waals surface area contributed by atoms with Gasteiger partial charge in [-0.3, -0.25) is 0 Å². The highest BCUT2D eigenvalue weighted by molar-refractivity contribution is 4.95. The minimum atomic E-state index is -0.0501. The van der Waals surface area contributed by atoms with Gasteiger partial charge in [-0.2, -0.15) is 5.26 Å². The first-order chi connectivity index (χ1) is 8.31. The van der Waals surface area contributed by atoms with E-state index in [1.807, 2.05) is 0 Å². The highest BCUT2D eigenvalue weighted by atomic mass is 16.5. The maximum atomic E-state index is 9.18. The van der Waals surface area contributed by atoms with E-state index in [9.17, 15) is 5.26 Å². The molecule has 1 rings (SSSR count). The first kappa shape index (κ1) is 14.4. The van der Waals surface area contributed by atoms with Crippen LogP contribution < -0.4 is 5.32 Å². The van der Waals surface area contributed by atoms with E-state index in [-0.39, 0.29) is 6.04 Å². The van der Waals surface area contributed by atoms with Gasteiger partial charge in [0.15, 0.2) is 0 Å². The molecule has 0 aromatic rings. The molecule has 0 aromatic heterocycles. The van der Waals surface area contributed by atoms with Gasteiger partial charge in [-0.15, -0.1) is 0 Å². The molecule has 0 radical (unpaired) electrons. The van der Waals surface area contributed by atoms with Crippen molar-refractivity contribution in [3.8, 4) is 6.07 Å². The molecule has 2 unspecified atom stereocenters. The molecule has 17 heavy (non-hydrogen) atoms. The number of hydrogen-bond donors (Lipinski definition) is 1. The van der Waals surface area contributed by atoms with E-state index in [0.717, 1.165) is 52.2 Å². The summed E-state index contributed by atoms with van der Waals surface area (Å²) in [5, 5.41) is 12.5. The molecule has 2 atom stereocenters. The lowest BCUT2D eigenvalue weighted by atomic mass is 9.94. The minimum Gasteiger partial charge on any atom is -0.381 e. The predicted octanol–water partition coefficient (Wildman–Crippen LogP) is 1.24. The molecule has 0 bridgehead atoms. The van der Waals surface area contributed by atoms with Crippen LogP contribution in [0.1, 0.15) is 26.7 Å². The van der Waals surface area contributed by atoms with E-state index in [0.29, 0.717) is 5.92 Å². The quantitative estimate of drug-likeness (QED) is 0.726. The van der Waals surface area contributed by atoms with Crippen LogP contribution in [0.5, 0.6) is 0 Å². The summed E-state index contributed by atoms with van der Waals surface area (Å²) in [5.41, 5.74) is 0. The van der Waals surface area contributed by atoms with Crippen LogP contribution in [0.4, 0.5) is 0 Å². The Morgan fingerprint density at radius 3 is 2.76 bits per heavy atom. The van der Waals surface area contributed by atoms with E-state index in [4.69, 9.17) is 4.74 Å². The summed E-state index contributed by atoms with van der Waals surface area (Å²) in [6, 6.07) is 2.32. The van der Waals surface area contributed by atoms with Crippen molar-refractivity contribution >= 4 is 0 Å². The number of hydrogen-bond acceptors (Lipinski definition) is 4. The molecule has 1 aliphatic heterocycles. The minimum absolute atomic E-state index is 0.0501. The van der Waals surface area contributed by atoms with Crippen molar-refractivity contribution in [2.24, 2.45) is 5.92 Å². The average Bonchev–Trinajstić information content (AvgIpc) is 2.40. The summed E-state index contributed by atoms with van der Waals surface area (Å²) in [7, 11) is 0. The van der Waals surface area contributed by atoms with Gasteiger partial charge in [0.1, 0.15) is 6.04 Å². The number of nitriles is 1. The number of nitrogens with zero attached hydrogens (tertiary/aromatic N) is 2. The van der Waals surface area contributed by atoms with Crippen LogP contribution >= 0.6 is 0 Å². The van der Waals surface area contributed by atoms with Crippen molar-refractivity contribution < 1.29 is 4.74 Å². The van der Waals surface area contributed by atoms with Gasteiger partial charge in [0, 0.05) is 25.6 Å². The second kappa shape index (κ2) is 8.46. The van der Waals surface area contributed by atoms with Gasteiger partial charge in [0.2, 0.25) is 0 Å². The van der Waals surface area contributed by atoms with Gasteiger partial charge in [-0.25, -0.2) is 0 Å². The maximum Gasteiger partial charge on any atom is 0.100 e. The number of nitrogens with one attached hydrogen (secondary N) is 1. The van der Waals surface area contributed by atoms with Crippen molar-refractivity contribution in [1.82, 2.24) is 10.2 Å². The third-order valence-corrected chi connectivity index (χ3v) is 3.49. The van der Waals surface area contributed by atoms with Gasteiger partial charge in [-0.05, 0) is 25.9 Å². The van der Waals surface area contributed by atoms with E-state index < -0.39 is 0 Å². The molecule has 0 aromatic carbocycles. The van der Waals surface area contributed by atoms with E-state index in [1.165, 1.54) is 0 Å². The van der Waals surface area contributed by atoms with Crippen LogP contribution in [0.3, 0.4) is 0 Å². The molecular weight excluding hydrogens is 214 g/mol. The van der Waals surface area contributed by atoms with Crippen molar-refractivity contribution in [2.45, 2.75) is 32.7 Å². The van der Waals surface area contributed by atoms with E-state index >= 15 is 0 Å². The van der Waals surface area contributed by atoms with Crippen LogP contribution in [0.25, 0.3) is 0 Å². The zero-order chi connectivity index (χ0) is 12.5. The number of likely N-dealkylation sites (N-methyl/N-ethyl adjacent to an activating group) is 1. The van der Waals surface area contributed by atoms with Crippen molar-refractivity contribution in [1.29, 1.82) is 5.26 Å². The largest absolute Gasteiger partial charge is 0.381 e. The van der Waals surface area contributed by atoms with E-state index in [1.54, 1.807) is 0 Å². The second-order valence-electron chi connectivity index (χ2n) is 4.57. The van der Waals surface area contributed by atoms with E-state index in [2.05, 4.69) is 30.1 Å². The van der Waals surface area contributed by atoms with Crippen LogP contribution in [0.2, 0.25) is 0 Å². The van der Waals surface area contributed by atoms with Gasteiger partial charge in [0.25, 0.3) is 0 Å². The first-order valence-corrected chi connectivity index (χ1v) is 6.74. The van der Waals surface area contributed by atoms with Gasteiger partial charge in [-0.1, -0.05) is 13.8 Å². The molecule has 0 saturated carbocycles. The molecule has 1 fully saturated rings. The molecule has 1 N–H and O–H groups in total. The Morgan fingerprint density at radius 1 is 1.47 bits per heavy atom. The molecule has 98 valence electrons. The van der Waals surface area contributed by atoms with Crippen LogP contribution in [0, 0.1) is 17.2 Å². The molecular formula is C13H25N3O.